The van der Waals surface area contributed by atoms with Gasteiger partial charge in [0.05, 0.1) is 0 Å². The fraction of sp³-hybridized carbons (Fsp3) is 0.600. The molecule has 0 aromatic heterocycles. The Kier molecular flexibility index (Phi) is 5.54. The van der Waals surface area contributed by atoms with E-state index in [-0.39, 0.29) is 17.7 Å². The fourth-order valence-electron chi connectivity index (χ4n) is 3.59. The van der Waals surface area contributed by atoms with Gasteiger partial charge in [-0.25, -0.2) is 0 Å². The molecule has 2 fully saturated rings. The van der Waals surface area contributed by atoms with Crippen LogP contribution in [0.1, 0.15) is 68.6 Å². The van der Waals surface area contributed by atoms with Crippen molar-refractivity contribution in [2.75, 3.05) is 5.32 Å². The summed E-state index contributed by atoms with van der Waals surface area (Å²) >= 11 is 0. The van der Waals surface area contributed by atoms with Crippen molar-refractivity contribution in [3.05, 3.63) is 29.8 Å². The van der Waals surface area contributed by atoms with Gasteiger partial charge in [0.25, 0.3) is 5.91 Å². The second kappa shape index (κ2) is 7.82. The summed E-state index contributed by atoms with van der Waals surface area (Å²) in [4.78, 5) is 24.2. The number of hydrogen-bond donors (Lipinski definition) is 2. The highest BCUT2D eigenvalue weighted by Crippen LogP contribution is 2.31. The molecule has 2 unspecified atom stereocenters. The minimum atomic E-state index is 0.00321. The van der Waals surface area contributed by atoms with Crippen LogP contribution in [0, 0.1) is 11.8 Å². The summed E-state index contributed by atoms with van der Waals surface area (Å²) in [5.74, 6) is 0.918. The number of unbranched alkanes of at least 4 members (excludes halogenated alkanes) is 1. The van der Waals surface area contributed by atoms with E-state index in [0.717, 1.165) is 24.9 Å². The van der Waals surface area contributed by atoms with Crippen LogP contribution in [0.25, 0.3) is 0 Å². The van der Waals surface area contributed by atoms with E-state index in [1.165, 1.54) is 32.1 Å². The van der Waals surface area contributed by atoms with Gasteiger partial charge in [0.2, 0.25) is 5.91 Å². The second-order valence-corrected chi connectivity index (χ2v) is 7.25. The number of carbonyl (C=O) groups excluding carboxylic acids is 2. The van der Waals surface area contributed by atoms with Gasteiger partial charge in [-0.3, -0.25) is 9.59 Å². The Morgan fingerprint density at radius 1 is 1.08 bits per heavy atom. The first-order chi connectivity index (χ1) is 11.7. The van der Waals surface area contributed by atoms with Gasteiger partial charge in [0, 0.05) is 23.2 Å². The van der Waals surface area contributed by atoms with Crippen molar-refractivity contribution in [3.63, 3.8) is 0 Å². The number of nitrogens with one attached hydrogen (secondary N) is 2. The first-order valence-electron chi connectivity index (χ1n) is 9.39. The molecule has 3 rings (SSSR count). The molecule has 1 aromatic carbocycles. The molecule has 0 aliphatic heterocycles. The zero-order valence-electron chi connectivity index (χ0n) is 14.5. The van der Waals surface area contributed by atoms with Gasteiger partial charge in [-0.15, -0.1) is 0 Å². The molecule has 0 bridgehead atoms. The van der Waals surface area contributed by atoms with E-state index in [9.17, 15) is 9.59 Å². The Bertz CT molecular complexity index is 578. The standard InChI is InChI=1S/C20H28N2O2/c1-2-3-5-14-6-4-7-18(14)22-20(24)16-10-12-17(13-11-16)21-19(23)15-8-9-15/h10-15,18H,2-9H2,1H3,(H,21,23)(H,22,24). The Morgan fingerprint density at radius 3 is 2.50 bits per heavy atom. The van der Waals surface area contributed by atoms with E-state index in [4.69, 9.17) is 0 Å². The van der Waals surface area contributed by atoms with Crippen LogP contribution < -0.4 is 10.6 Å². The highest BCUT2D eigenvalue weighted by Gasteiger charge is 2.30. The lowest BCUT2D eigenvalue weighted by Crippen LogP contribution is -2.37. The van der Waals surface area contributed by atoms with Crippen molar-refractivity contribution in [2.24, 2.45) is 11.8 Å². The van der Waals surface area contributed by atoms with Crippen molar-refractivity contribution >= 4 is 17.5 Å². The van der Waals surface area contributed by atoms with Crippen LogP contribution in [-0.4, -0.2) is 17.9 Å². The predicted octanol–water partition coefficient (Wildman–Crippen LogP) is 4.12. The quantitative estimate of drug-likeness (QED) is 0.791. The van der Waals surface area contributed by atoms with Crippen molar-refractivity contribution < 1.29 is 9.59 Å². The van der Waals surface area contributed by atoms with E-state index in [1.54, 1.807) is 12.1 Å². The van der Waals surface area contributed by atoms with Gasteiger partial charge in [-0.05, 0) is 62.3 Å². The summed E-state index contributed by atoms with van der Waals surface area (Å²) in [7, 11) is 0. The smallest absolute Gasteiger partial charge is 0.251 e. The summed E-state index contributed by atoms with van der Waals surface area (Å²) in [5.41, 5.74) is 1.44. The zero-order chi connectivity index (χ0) is 16.9. The Balaban J connectivity index is 1.53. The molecule has 2 N–H and O–H groups in total. The highest BCUT2D eigenvalue weighted by molar-refractivity contribution is 5.96. The largest absolute Gasteiger partial charge is 0.349 e. The first kappa shape index (κ1) is 17.0. The molecule has 2 atom stereocenters. The van der Waals surface area contributed by atoms with Crippen LogP contribution >= 0.6 is 0 Å². The summed E-state index contributed by atoms with van der Waals surface area (Å²) < 4.78 is 0. The third kappa shape index (κ3) is 4.37. The molecular weight excluding hydrogens is 300 g/mol. The average Bonchev–Trinajstić information content (AvgIpc) is 3.35. The van der Waals surface area contributed by atoms with Crippen LogP contribution in [0.5, 0.6) is 0 Å². The van der Waals surface area contributed by atoms with E-state index >= 15 is 0 Å². The summed E-state index contributed by atoms with van der Waals surface area (Å²) in [6.07, 6.45) is 9.20. The average molecular weight is 328 g/mol. The van der Waals surface area contributed by atoms with Crippen molar-refractivity contribution in [3.8, 4) is 0 Å². The van der Waals surface area contributed by atoms with Gasteiger partial charge in [0.15, 0.2) is 0 Å². The molecule has 2 aliphatic rings. The molecular formula is C20H28N2O2. The van der Waals surface area contributed by atoms with Crippen LogP contribution in [0.2, 0.25) is 0 Å². The topological polar surface area (TPSA) is 58.2 Å². The minimum absolute atomic E-state index is 0.00321. The van der Waals surface area contributed by atoms with Crippen LogP contribution in [-0.2, 0) is 4.79 Å². The van der Waals surface area contributed by atoms with Gasteiger partial charge < -0.3 is 10.6 Å². The minimum Gasteiger partial charge on any atom is -0.349 e. The summed E-state index contributed by atoms with van der Waals surface area (Å²) in [6, 6.07) is 7.55. The number of benzene rings is 1. The fourth-order valence-corrected chi connectivity index (χ4v) is 3.59. The number of amides is 2. The first-order valence-corrected chi connectivity index (χ1v) is 9.39. The Labute approximate surface area is 144 Å². The van der Waals surface area contributed by atoms with Crippen LogP contribution in [0.3, 0.4) is 0 Å². The maximum atomic E-state index is 12.5. The molecule has 4 heteroatoms. The molecule has 2 saturated carbocycles. The van der Waals surface area contributed by atoms with Gasteiger partial charge >= 0.3 is 0 Å². The monoisotopic (exact) mass is 328 g/mol. The summed E-state index contributed by atoms with van der Waals surface area (Å²) in [5, 5.41) is 6.12. The van der Waals surface area contributed by atoms with E-state index in [2.05, 4.69) is 17.6 Å². The van der Waals surface area contributed by atoms with Gasteiger partial charge in [0.1, 0.15) is 0 Å². The lowest BCUT2D eigenvalue weighted by molar-refractivity contribution is -0.117. The van der Waals surface area contributed by atoms with E-state index in [1.807, 2.05) is 12.1 Å². The molecule has 24 heavy (non-hydrogen) atoms. The molecule has 0 heterocycles. The molecule has 0 saturated heterocycles. The third-order valence-corrected chi connectivity index (χ3v) is 5.27. The number of anilines is 1. The second-order valence-electron chi connectivity index (χ2n) is 7.25. The van der Waals surface area contributed by atoms with Crippen molar-refractivity contribution in [1.29, 1.82) is 0 Å². The van der Waals surface area contributed by atoms with Crippen molar-refractivity contribution in [1.82, 2.24) is 5.32 Å². The lowest BCUT2D eigenvalue weighted by atomic mass is 9.96. The van der Waals surface area contributed by atoms with Crippen molar-refractivity contribution in [2.45, 2.75) is 64.3 Å². The molecule has 2 aliphatic carbocycles. The van der Waals surface area contributed by atoms with Gasteiger partial charge in [-0.1, -0.05) is 26.2 Å². The van der Waals surface area contributed by atoms with E-state index in [0.29, 0.717) is 17.5 Å². The number of hydrogen-bond acceptors (Lipinski definition) is 2. The highest BCUT2D eigenvalue weighted by atomic mass is 16.2. The van der Waals surface area contributed by atoms with E-state index < -0.39 is 0 Å². The zero-order valence-corrected chi connectivity index (χ0v) is 14.5. The van der Waals surface area contributed by atoms with Gasteiger partial charge in [-0.2, -0.15) is 0 Å². The molecule has 130 valence electrons. The predicted molar refractivity (Wildman–Crippen MR) is 95.9 cm³/mol. The maximum absolute atomic E-state index is 12.5. The SMILES string of the molecule is CCCCC1CCCC1NC(=O)c1ccc(NC(=O)C2CC2)cc1. The molecule has 1 aromatic rings. The molecule has 2 amide bonds. The normalized spacial score (nSPS) is 23.0. The summed E-state index contributed by atoms with van der Waals surface area (Å²) in [6.45, 7) is 2.21. The molecule has 4 nitrogen and oxygen atoms in total. The third-order valence-electron chi connectivity index (χ3n) is 5.27. The Hall–Kier alpha value is -1.84. The number of carbonyl (C=O) groups is 2. The lowest BCUT2D eigenvalue weighted by Gasteiger charge is -2.21. The number of rotatable bonds is 7. The van der Waals surface area contributed by atoms with Crippen LogP contribution in [0.15, 0.2) is 24.3 Å². The molecule has 0 spiro atoms. The van der Waals surface area contributed by atoms with Crippen LogP contribution in [0.4, 0.5) is 5.69 Å². The Morgan fingerprint density at radius 2 is 1.83 bits per heavy atom. The molecule has 0 radical (unpaired) electrons. The maximum Gasteiger partial charge on any atom is 0.251 e.